The third-order valence-corrected chi connectivity index (χ3v) is 6.23. The van der Waals surface area contributed by atoms with Gasteiger partial charge in [-0.3, -0.25) is 0 Å². The predicted molar refractivity (Wildman–Crippen MR) is 123 cm³/mol. The fourth-order valence-electron chi connectivity index (χ4n) is 4.37. The monoisotopic (exact) mass is 443 g/mol. The molecule has 166 valence electrons. The Morgan fingerprint density at radius 3 is 2.65 bits per heavy atom. The van der Waals surface area contributed by atoms with E-state index >= 15 is 0 Å². The van der Waals surface area contributed by atoms with E-state index in [0.29, 0.717) is 24.4 Å². The van der Waals surface area contributed by atoms with Gasteiger partial charge in [-0.1, -0.05) is 48.0 Å². The first-order chi connectivity index (χ1) is 15.1. The zero-order chi connectivity index (χ0) is 21.8. The van der Waals surface area contributed by atoms with Gasteiger partial charge < -0.3 is 24.3 Å². The van der Waals surface area contributed by atoms with E-state index in [2.05, 4.69) is 35.0 Å². The maximum Gasteiger partial charge on any atom is 0.0875 e. The molecule has 1 aliphatic rings. The molecule has 2 aromatic carbocycles. The maximum absolute atomic E-state index is 10.3. The van der Waals surface area contributed by atoms with Gasteiger partial charge in [-0.25, -0.2) is 0 Å². The number of nitrogens with zero attached hydrogens (tertiary/aromatic N) is 1. The molecule has 0 bridgehead atoms. The van der Waals surface area contributed by atoms with Gasteiger partial charge in [0.1, 0.15) is 0 Å². The fourth-order valence-corrected chi connectivity index (χ4v) is 4.66. The minimum atomic E-state index is -0.488. The number of aliphatic hydroxyl groups excluding tert-OH is 2. The minimum Gasteiger partial charge on any atom is -0.394 e. The normalized spacial score (nSPS) is 21.6. The summed E-state index contributed by atoms with van der Waals surface area (Å²) in [5, 5.41) is 21.5. The molecule has 0 radical (unpaired) electrons. The summed E-state index contributed by atoms with van der Waals surface area (Å²) in [6.45, 7) is 4.07. The Morgan fingerprint density at radius 2 is 1.90 bits per heavy atom. The van der Waals surface area contributed by atoms with Crippen LogP contribution in [0.1, 0.15) is 42.6 Å². The largest absolute Gasteiger partial charge is 0.394 e. The Bertz CT molecular complexity index is 1000. The van der Waals surface area contributed by atoms with Gasteiger partial charge in [-0.15, -0.1) is 0 Å². The molecule has 3 atom stereocenters. The highest BCUT2D eigenvalue weighted by Crippen LogP contribution is 2.38. The van der Waals surface area contributed by atoms with E-state index in [0.717, 1.165) is 36.1 Å². The zero-order valence-corrected chi connectivity index (χ0v) is 18.6. The number of ether oxygens (including phenoxy) is 2. The van der Waals surface area contributed by atoms with Crippen LogP contribution >= 0.6 is 11.6 Å². The first kappa shape index (κ1) is 22.3. The highest BCUT2D eigenvalue weighted by Gasteiger charge is 2.31. The van der Waals surface area contributed by atoms with Gasteiger partial charge in [0, 0.05) is 43.1 Å². The molecule has 0 spiro atoms. The number of halogens is 1. The van der Waals surface area contributed by atoms with E-state index in [1.807, 2.05) is 25.1 Å². The molecule has 0 unspecified atom stereocenters. The van der Waals surface area contributed by atoms with Gasteiger partial charge in [0.05, 0.1) is 42.1 Å². The third kappa shape index (κ3) is 5.13. The van der Waals surface area contributed by atoms with E-state index in [-0.39, 0.29) is 18.8 Å². The van der Waals surface area contributed by atoms with Crippen molar-refractivity contribution in [1.82, 2.24) is 4.57 Å². The summed E-state index contributed by atoms with van der Waals surface area (Å²) >= 11 is 6.60. The fraction of sp³-hybridized carbons (Fsp3) is 0.440. The summed E-state index contributed by atoms with van der Waals surface area (Å²) in [6, 6.07) is 14.5. The summed E-state index contributed by atoms with van der Waals surface area (Å²) in [6.07, 6.45) is 2.84. The Hall–Kier alpha value is -1.89. The van der Waals surface area contributed by atoms with Crippen LogP contribution in [0.5, 0.6) is 0 Å². The van der Waals surface area contributed by atoms with Crippen molar-refractivity contribution < 1.29 is 19.7 Å². The summed E-state index contributed by atoms with van der Waals surface area (Å²) in [5.74, 6) is 0. The quantitative estimate of drug-likeness (QED) is 0.503. The standard InChI is InChI=1S/C25H30ClNO4/c1-2-30-11-10-17-6-8-18(9-7-17)14-27-15-22(21-4-3-5-23(26)25(21)27)24-13-19(29)12-20(16-28)31-24/h3-9,15,19-20,24,28-29H,2,10-14,16H2,1H3/t19-,20-,24+/m0/s1. The van der Waals surface area contributed by atoms with Crippen LogP contribution in [-0.4, -0.2) is 46.8 Å². The van der Waals surface area contributed by atoms with Crippen molar-refractivity contribution in [3.05, 3.63) is 70.4 Å². The molecule has 1 fully saturated rings. The van der Waals surface area contributed by atoms with Crippen LogP contribution in [0.3, 0.4) is 0 Å². The maximum atomic E-state index is 10.3. The van der Waals surface area contributed by atoms with E-state index < -0.39 is 6.10 Å². The van der Waals surface area contributed by atoms with Gasteiger partial charge in [-0.2, -0.15) is 0 Å². The molecule has 0 saturated carbocycles. The van der Waals surface area contributed by atoms with Crippen molar-refractivity contribution in [2.24, 2.45) is 0 Å². The average molecular weight is 444 g/mol. The molecule has 0 aliphatic carbocycles. The molecule has 6 heteroatoms. The summed E-state index contributed by atoms with van der Waals surface area (Å²) in [7, 11) is 0. The van der Waals surface area contributed by atoms with Gasteiger partial charge >= 0.3 is 0 Å². The average Bonchev–Trinajstić information content (AvgIpc) is 3.14. The number of para-hydroxylation sites is 1. The Balaban J connectivity index is 1.61. The lowest BCUT2D eigenvalue weighted by Crippen LogP contribution is -2.33. The number of aromatic nitrogens is 1. The second kappa shape index (κ2) is 10.2. The molecule has 1 saturated heterocycles. The summed E-state index contributed by atoms with van der Waals surface area (Å²) < 4.78 is 13.7. The second-order valence-electron chi connectivity index (χ2n) is 8.17. The van der Waals surface area contributed by atoms with E-state index in [1.165, 1.54) is 11.1 Å². The van der Waals surface area contributed by atoms with E-state index in [4.69, 9.17) is 21.1 Å². The lowest BCUT2D eigenvalue weighted by atomic mass is 9.96. The molecule has 1 aliphatic heterocycles. The number of hydrogen-bond donors (Lipinski definition) is 2. The van der Waals surface area contributed by atoms with E-state index in [1.54, 1.807) is 0 Å². The van der Waals surface area contributed by atoms with Crippen molar-refractivity contribution in [3.8, 4) is 0 Å². The Labute approximate surface area is 188 Å². The van der Waals surface area contributed by atoms with Gasteiger partial charge in [0.25, 0.3) is 0 Å². The number of benzene rings is 2. The molecule has 3 aromatic rings. The predicted octanol–water partition coefficient (Wildman–Crippen LogP) is 4.50. The van der Waals surface area contributed by atoms with Gasteiger partial charge in [0.15, 0.2) is 0 Å². The third-order valence-electron chi connectivity index (χ3n) is 5.92. The van der Waals surface area contributed by atoms with Crippen molar-refractivity contribution in [3.63, 3.8) is 0 Å². The van der Waals surface area contributed by atoms with E-state index in [9.17, 15) is 10.2 Å². The SMILES string of the molecule is CCOCCc1ccc(Cn2cc([C@H]3C[C@@H](O)C[C@@H](CO)O3)c3cccc(Cl)c32)cc1. The first-order valence-electron chi connectivity index (χ1n) is 11.0. The first-order valence-corrected chi connectivity index (χ1v) is 11.3. The van der Waals surface area contributed by atoms with Crippen LogP contribution in [0, 0.1) is 0 Å². The number of rotatable bonds is 8. The Kier molecular flexibility index (Phi) is 7.31. The molecule has 2 heterocycles. The highest BCUT2D eigenvalue weighted by molar-refractivity contribution is 6.35. The molecule has 1 aromatic heterocycles. The van der Waals surface area contributed by atoms with Crippen molar-refractivity contribution in [2.45, 2.75) is 51.0 Å². The Morgan fingerprint density at radius 1 is 1.13 bits per heavy atom. The zero-order valence-electron chi connectivity index (χ0n) is 17.8. The highest BCUT2D eigenvalue weighted by atomic mass is 35.5. The van der Waals surface area contributed by atoms with Crippen molar-refractivity contribution >= 4 is 22.5 Å². The number of hydrogen-bond acceptors (Lipinski definition) is 4. The molecular weight excluding hydrogens is 414 g/mol. The second-order valence-corrected chi connectivity index (χ2v) is 8.57. The van der Waals surface area contributed by atoms with Gasteiger partial charge in [-0.05, 0) is 30.5 Å². The topological polar surface area (TPSA) is 63.9 Å². The summed E-state index contributed by atoms with van der Waals surface area (Å²) in [5.41, 5.74) is 4.40. The summed E-state index contributed by atoms with van der Waals surface area (Å²) in [4.78, 5) is 0. The van der Waals surface area contributed by atoms with Gasteiger partial charge in [0.2, 0.25) is 0 Å². The molecule has 4 rings (SSSR count). The van der Waals surface area contributed by atoms with Crippen LogP contribution < -0.4 is 0 Å². The van der Waals surface area contributed by atoms with Crippen LogP contribution in [0.15, 0.2) is 48.7 Å². The van der Waals surface area contributed by atoms with Crippen LogP contribution in [0.4, 0.5) is 0 Å². The molecular formula is C25H30ClNO4. The molecule has 0 amide bonds. The smallest absolute Gasteiger partial charge is 0.0875 e. The van der Waals surface area contributed by atoms with Crippen molar-refractivity contribution in [1.29, 1.82) is 0 Å². The lowest BCUT2D eigenvalue weighted by Gasteiger charge is -2.32. The van der Waals surface area contributed by atoms with Crippen molar-refractivity contribution in [2.75, 3.05) is 19.8 Å². The lowest BCUT2D eigenvalue weighted by molar-refractivity contribution is -0.113. The molecule has 5 nitrogen and oxygen atoms in total. The molecule has 2 N–H and O–H groups in total. The van der Waals surface area contributed by atoms with Crippen LogP contribution in [-0.2, 0) is 22.4 Å². The number of aliphatic hydroxyl groups is 2. The van der Waals surface area contributed by atoms with Crippen LogP contribution in [0.2, 0.25) is 5.02 Å². The molecule has 31 heavy (non-hydrogen) atoms. The number of fused-ring (bicyclic) bond motifs is 1. The minimum absolute atomic E-state index is 0.0946. The van der Waals surface area contributed by atoms with Crippen LogP contribution in [0.25, 0.3) is 10.9 Å².